The van der Waals surface area contributed by atoms with Crippen LogP contribution in [0.4, 0.5) is 0 Å². The summed E-state index contributed by atoms with van der Waals surface area (Å²) in [6, 6.07) is 7.07. The van der Waals surface area contributed by atoms with Crippen LogP contribution in [0.15, 0.2) is 30.1 Å². The van der Waals surface area contributed by atoms with Crippen LogP contribution in [0.1, 0.15) is 5.56 Å². The Balaban J connectivity index is 2.44. The second-order valence-electron chi connectivity index (χ2n) is 2.53. The summed E-state index contributed by atoms with van der Waals surface area (Å²) in [6.07, 6.45) is 1.43. The standard InChI is InChI=1S/C8H6N2O3/c11-10(12)8-5-6-3-1-2-4-7(6)13-9-8/h1-5,9H. The fraction of sp³-hybridized carbons (Fsp3) is 0. The molecular weight excluding hydrogens is 172 g/mol. The van der Waals surface area contributed by atoms with E-state index < -0.39 is 4.92 Å². The highest BCUT2D eigenvalue weighted by atomic mass is 16.7. The molecule has 0 radical (unpaired) electrons. The Hall–Kier alpha value is -2.04. The van der Waals surface area contributed by atoms with Gasteiger partial charge < -0.3 is 15.0 Å². The molecule has 0 unspecified atom stereocenters. The van der Waals surface area contributed by atoms with Crippen LogP contribution in [0.2, 0.25) is 0 Å². The highest BCUT2D eigenvalue weighted by Gasteiger charge is 2.17. The first-order valence-electron chi connectivity index (χ1n) is 3.65. The molecule has 1 heterocycles. The molecule has 13 heavy (non-hydrogen) atoms. The number of nitrogens with one attached hydrogen (secondary N) is 1. The van der Waals surface area contributed by atoms with Gasteiger partial charge in [-0.1, -0.05) is 23.7 Å². The van der Waals surface area contributed by atoms with Crippen LogP contribution in [-0.2, 0) is 0 Å². The van der Waals surface area contributed by atoms with E-state index in [9.17, 15) is 10.1 Å². The zero-order chi connectivity index (χ0) is 9.26. The van der Waals surface area contributed by atoms with E-state index in [1.165, 1.54) is 6.08 Å². The van der Waals surface area contributed by atoms with Crippen molar-refractivity contribution in [2.75, 3.05) is 0 Å². The van der Waals surface area contributed by atoms with Gasteiger partial charge >= 0.3 is 5.82 Å². The quantitative estimate of drug-likeness (QED) is 0.517. The van der Waals surface area contributed by atoms with Gasteiger partial charge in [0.15, 0.2) is 5.75 Å². The molecular formula is C8H6N2O3. The number of hydrogen-bond acceptors (Lipinski definition) is 4. The average Bonchev–Trinajstić information content (AvgIpc) is 2.17. The van der Waals surface area contributed by atoms with Crippen LogP contribution in [0.3, 0.4) is 0 Å². The van der Waals surface area contributed by atoms with E-state index in [4.69, 9.17) is 4.84 Å². The normalized spacial score (nSPS) is 13.4. The number of benzene rings is 1. The summed E-state index contributed by atoms with van der Waals surface area (Å²) in [6.45, 7) is 0. The predicted molar refractivity (Wildman–Crippen MR) is 45.2 cm³/mol. The molecule has 5 nitrogen and oxygen atoms in total. The smallest absolute Gasteiger partial charge is 0.355 e. The number of hydrogen-bond donors (Lipinski definition) is 1. The Labute approximate surface area is 73.7 Å². The Bertz CT molecular complexity index is 387. The Kier molecular flexibility index (Phi) is 1.63. The number of fused-ring (bicyclic) bond motifs is 1. The monoisotopic (exact) mass is 178 g/mol. The molecule has 66 valence electrons. The maximum atomic E-state index is 10.4. The van der Waals surface area contributed by atoms with Crippen molar-refractivity contribution < 1.29 is 9.76 Å². The number of nitro groups is 1. The summed E-state index contributed by atoms with van der Waals surface area (Å²) in [5, 5.41) is 10.4. The van der Waals surface area contributed by atoms with Crippen molar-refractivity contribution in [3.05, 3.63) is 45.8 Å². The first-order chi connectivity index (χ1) is 6.27. The van der Waals surface area contributed by atoms with E-state index in [-0.39, 0.29) is 5.82 Å². The van der Waals surface area contributed by atoms with Gasteiger partial charge in [-0.2, -0.15) is 0 Å². The van der Waals surface area contributed by atoms with Gasteiger partial charge in [-0.15, -0.1) is 0 Å². The van der Waals surface area contributed by atoms with Crippen molar-refractivity contribution in [3.63, 3.8) is 0 Å². The van der Waals surface area contributed by atoms with Crippen LogP contribution < -0.4 is 10.3 Å². The first kappa shape index (κ1) is 7.60. The van der Waals surface area contributed by atoms with E-state index >= 15 is 0 Å². The Morgan fingerprint density at radius 1 is 1.38 bits per heavy atom. The average molecular weight is 178 g/mol. The minimum absolute atomic E-state index is 0.154. The molecule has 0 saturated heterocycles. The summed E-state index contributed by atoms with van der Waals surface area (Å²) >= 11 is 0. The molecule has 1 aliphatic rings. The summed E-state index contributed by atoms with van der Waals surface area (Å²) in [4.78, 5) is 14.8. The van der Waals surface area contributed by atoms with Crippen LogP contribution in [-0.4, -0.2) is 4.92 Å². The second-order valence-corrected chi connectivity index (χ2v) is 2.53. The van der Waals surface area contributed by atoms with E-state index in [1.54, 1.807) is 24.3 Å². The molecule has 0 spiro atoms. The van der Waals surface area contributed by atoms with Crippen molar-refractivity contribution in [2.24, 2.45) is 0 Å². The molecule has 1 aromatic carbocycles. The van der Waals surface area contributed by atoms with Crippen LogP contribution in [0.5, 0.6) is 5.75 Å². The van der Waals surface area contributed by atoms with Crippen LogP contribution in [0.25, 0.3) is 6.08 Å². The summed E-state index contributed by atoms with van der Waals surface area (Å²) in [5.41, 5.74) is 2.94. The minimum atomic E-state index is -0.532. The highest BCUT2D eigenvalue weighted by Crippen LogP contribution is 2.23. The third kappa shape index (κ3) is 1.31. The van der Waals surface area contributed by atoms with Crippen molar-refractivity contribution in [3.8, 4) is 5.75 Å². The van der Waals surface area contributed by atoms with Gasteiger partial charge in [-0.05, 0) is 11.0 Å². The lowest BCUT2D eigenvalue weighted by Crippen LogP contribution is -2.26. The zero-order valence-corrected chi connectivity index (χ0v) is 6.56. The lowest BCUT2D eigenvalue weighted by atomic mass is 10.2. The molecule has 0 bridgehead atoms. The molecule has 0 amide bonds. The number of nitrogens with zero attached hydrogens (tertiary/aromatic N) is 1. The summed E-state index contributed by atoms with van der Waals surface area (Å²) in [5.74, 6) is 0.437. The van der Waals surface area contributed by atoms with Gasteiger partial charge in [0, 0.05) is 11.6 Å². The molecule has 0 atom stereocenters. The molecule has 2 rings (SSSR count). The minimum Gasteiger partial charge on any atom is -0.358 e. The third-order valence-electron chi connectivity index (χ3n) is 1.67. The van der Waals surface area contributed by atoms with E-state index in [1.807, 2.05) is 0 Å². The largest absolute Gasteiger partial charge is 0.358 e. The summed E-state index contributed by atoms with van der Waals surface area (Å²) < 4.78 is 0. The Morgan fingerprint density at radius 2 is 2.15 bits per heavy atom. The van der Waals surface area contributed by atoms with E-state index in [0.717, 1.165) is 0 Å². The number of para-hydroxylation sites is 1. The fourth-order valence-corrected chi connectivity index (χ4v) is 1.07. The third-order valence-corrected chi connectivity index (χ3v) is 1.67. The van der Waals surface area contributed by atoms with Crippen molar-refractivity contribution in [1.82, 2.24) is 5.48 Å². The van der Waals surface area contributed by atoms with Gasteiger partial charge in [-0.25, -0.2) is 0 Å². The Morgan fingerprint density at radius 3 is 2.92 bits per heavy atom. The molecule has 0 aliphatic carbocycles. The van der Waals surface area contributed by atoms with E-state index in [2.05, 4.69) is 5.48 Å². The molecule has 1 aromatic rings. The zero-order valence-electron chi connectivity index (χ0n) is 6.56. The molecule has 0 saturated carbocycles. The van der Waals surface area contributed by atoms with Gasteiger partial charge in [-0.3, -0.25) is 0 Å². The number of rotatable bonds is 1. The lowest BCUT2D eigenvalue weighted by Gasteiger charge is -2.10. The molecule has 1 N–H and O–H groups in total. The molecule has 1 aliphatic heterocycles. The summed E-state index contributed by atoms with van der Waals surface area (Å²) in [7, 11) is 0. The van der Waals surface area contributed by atoms with E-state index in [0.29, 0.717) is 11.3 Å². The lowest BCUT2D eigenvalue weighted by molar-refractivity contribution is -0.437. The van der Waals surface area contributed by atoms with Gasteiger partial charge in [0.2, 0.25) is 0 Å². The van der Waals surface area contributed by atoms with Crippen molar-refractivity contribution >= 4 is 6.08 Å². The topological polar surface area (TPSA) is 64.4 Å². The van der Waals surface area contributed by atoms with Crippen molar-refractivity contribution in [2.45, 2.75) is 0 Å². The fourth-order valence-electron chi connectivity index (χ4n) is 1.07. The molecule has 0 aromatic heterocycles. The maximum Gasteiger partial charge on any atom is 0.355 e. The van der Waals surface area contributed by atoms with Crippen molar-refractivity contribution in [1.29, 1.82) is 0 Å². The second kappa shape index (κ2) is 2.78. The van der Waals surface area contributed by atoms with Crippen LogP contribution >= 0.6 is 0 Å². The van der Waals surface area contributed by atoms with Gasteiger partial charge in [0.1, 0.15) is 0 Å². The van der Waals surface area contributed by atoms with Gasteiger partial charge in [0.25, 0.3) is 0 Å². The van der Waals surface area contributed by atoms with Gasteiger partial charge in [0.05, 0.1) is 0 Å². The molecule has 5 heteroatoms. The van der Waals surface area contributed by atoms with Crippen LogP contribution in [0, 0.1) is 10.1 Å². The molecule has 0 fully saturated rings. The highest BCUT2D eigenvalue weighted by molar-refractivity contribution is 5.59. The maximum absolute atomic E-state index is 10.4. The number of hydroxylamine groups is 1. The SMILES string of the molecule is O=[N+]([O-])C1=Cc2ccccc2ON1. The predicted octanol–water partition coefficient (Wildman–Crippen LogP) is 1.16. The first-order valence-corrected chi connectivity index (χ1v) is 3.65.